The first-order chi connectivity index (χ1) is 11.5. The van der Waals surface area contributed by atoms with Gasteiger partial charge in [0.15, 0.2) is 0 Å². The number of aromatic hydroxyl groups is 1. The van der Waals surface area contributed by atoms with Crippen LogP contribution in [0.1, 0.15) is 26.3 Å². The molecule has 5 nitrogen and oxygen atoms in total. The normalized spacial score (nSPS) is 15.0. The number of phenols is 1. The molecule has 24 heavy (non-hydrogen) atoms. The van der Waals surface area contributed by atoms with E-state index in [0.29, 0.717) is 24.1 Å². The van der Waals surface area contributed by atoms with Crippen LogP contribution in [0.3, 0.4) is 0 Å². The molecule has 1 N–H and O–H groups in total. The van der Waals surface area contributed by atoms with Crippen LogP contribution in [-0.4, -0.2) is 53.4 Å². The van der Waals surface area contributed by atoms with Gasteiger partial charge in [-0.2, -0.15) is 0 Å². The van der Waals surface area contributed by atoms with Crippen molar-refractivity contribution in [3.8, 4) is 5.75 Å². The third kappa shape index (κ3) is 3.03. The number of hydrogen-bond donors (Lipinski definition) is 1. The number of rotatable bonds is 5. The minimum absolute atomic E-state index is 0.00300. The fourth-order valence-electron chi connectivity index (χ4n) is 2.93. The van der Waals surface area contributed by atoms with Crippen LogP contribution in [-0.2, 0) is 6.42 Å². The number of carbonyl (C=O) groups is 2. The second-order valence-corrected chi connectivity index (χ2v) is 6.25. The number of carbonyl (C=O) groups excluding carboxylic acids is 2. The smallest absolute Gasteiger partial charge is 0.261 e. The van der Waals surface area contributed by atoms with Gasteiger partial charge in [0.1, 0.15) is 5.75 Å². The van der Waals surface area contributed by atoms with E-state index >= 15 is 0 Å². The molecule has 0 radical (unpaired) electrons. The molecule has 0 spiro atoms. The Morgan fingerprint density at radius 2 is 1.50 bits per heavy atom. The number of benzene rings is 2. The molecule has 1 heterocycles. The Balaban J connectivity index is 1.78. The number of phenolic OH excluding ortho intramolecular Hbond substituents is 1. The van der Waals surface area contributed by atoms with Gasteiger partial charge in [-0.25, -0.2) is 0 Å². The zero-order chi connectivity index (χ0) is 17.3. The Kier molecular flexibility index (Phi) is 4.36. The Hall–Kier alpha value is -2.66. The van der Waals surface area contributed by atoms with Crippen molar-refractivity contribution in [3.63, 3.8) is 0 Å². The van der Waals surface area contributed by atoms with Crippen LogP contribution in [0.4, 0.5) is 0 Å². The number of likely N-dealkylation sites (N-methyl/N-ethyl adjacent to an activating group) is 1. The van der Waals surface area contributed by atoms with E-state index in [2.05, 4.69) is 0 Å². The molecule has 2 aromatic rings. The van der Waals surface area contributed by atoms with Crippen LogP contribution in [0.15, 0.2) is 48.5 Å². The van der Waals surface area contributed by atoms with Crippen LogP contribution in [0, 0.1) is 0 Å². The fraction of sp³-hybridized carbons (Fsp3) is 0.263. The van der Waals surface area contributed by atoms with Crippen LogP contribution in [0.5, 0.6) is 5.75 Å². The lowest BCUT2D eigenvalue weighted by Crippen LogP contribution is -2.44. The van der Waals surface area contributed by atoms with E-state index in [4.69, 9.17) is 0 Å². The number of nitrogens with zero attached hydrogens (tertiary/aromatic N) is 2. The van der Waals surface area contributed by atoms with Gasteiger partial charge in [-0.1, -0.05) is 24.3 Å². The second-order valence-electron chi connectivity index (χ2n) is 6.25. The molecule has 0 aromatic heterocycles. The standard InChI is InChI=1S/C19H20N2O3/c1-20(2)14(11-13-7-9-15(22)10-8-13)12-21-18(23)16-5-3-4-6-17(16)19(21)24/h3-10,14,22H,11-12H2,1-2H3/t14-/m0/s1. The van der Waals surface area contributed by atoms with Crippen molar-refractivity contribution in [2.24, 2.45) is 0 Å². The molecule has 0 fully saturated rings. The number of amides is 2. The lowest BCUT2D eigenvalue weighted by Gasteiger charge is -2.28. The Bertz CT molecular complexity index is 733. The summed E-state index contributed by atoms with van der Waals surface area (Å²) in [6.07, 6.45) is 0.681. The molecule has 0 unspecified atom stereocenters. The zero-order valence-electron chi connectivity index (χ0n) is 13.8. The van der Waals surface area contributed by atoms with E-state index in [-0.39, 0.29) is 23.6 Å². The topological polar surface area (TPSA) is 60.9 Å². The molecular weight excluding hydrogens is 304 g/mol. The first-order valence-electron chi connectivity index (χ1n) is 7.87. The molecule has 1 aliphatic rings. The second kappa shape index (κ2) is 6.45. The summed E-state index contributed by atoms with van der Waals surface area (Å²) in [5.74, 6) is -0.234. The number of fused-ring (bicyclic) bond motifs is 1. The molecular formula is C19H20N2O3. The van der Waals surface area contributed by atoms with Gasteiger partial charge in [-0.05, 0) is 50.3 Å². The summed E-state index contributed by atoms with van der Waals surface area (Å²) in [7, 11) is 3.87. The minimum atomic E-state index is -0.229. The van der Waals surface area contributed by atoms with Crippen LogP contribution >= 0.6 is 0 Å². The van der Waals surface area contributed by atoms with Gasteiger partial charge in [0.05, 0.1) is 11.1 Å². The van der Waals surface area contributed by atoms with Crippen LogP contribution in [0.25, 0.3) is 0 Å². The largest absolute Gasteiger partial charge is 0.508 e. The van der Waals surface area contributed by atoms with Crippen molar-refractivity contribution in [1.29, 1.82) is 0 Å². The van der Waals surface area contributed by atoms with Crippen molar-refractivity contribution in [3.05, 3.63) is 65.2 Å². The van der Waals surface area contributed by atoms with E-state index in [1.807, 2.05) is 31.1 Å². The third-order valence-electron chi connectivity index (χ3n) is 4.41. The monoisotopic (exact) mass is 324 g/mol. The number of imide groups is 1. The van der Waals surface area contributed by atoms with Crippen molar-refractivity contribution < 1.29 is 14.7 Å². The summed E-state index contributed by atoms with van der Waals surface area (Å²) in [6.45, 7) is 0.334. The van der Waals surface area contributed by atoms with Crippen LogP contribution < -0.4 is 0 Å². The Labute approximate surface area is 141 Å². The molecule has 1 atom stereocenters. The Morgan fingerprint density at radius 3 is 2.00 bits per heavy atom. The van der Waals surface area contributed by atoms with Gasteiger partial charge in [-0.3, -0.25) is 14.5 Å². The van der Waals surface area contributed by atoms with E-state index in [9.17, 15) is 14.7 Å². The van der Waals surface area contributed by atoms with Crippen LogP contribution in [0.2, 0.25) is 0 Å². The van der Waals surface area contributed by atoms with Crippen molar-refractivity contribution >= 4 is 11.8 Å². The maximum atomic E-state index is 12.5. The lowest BCUT2D eigenvalue weighted by molar-refractivity contribution is 0.0612. The SMILES string of the molecule is CN(C)[C@@H](Cc1ccc(O)cc1)CN1C(=O)c2ccccc2C1=O. The van der Waals surface area contributed by atoms with Gasteiger partial charge in [0.25, 0.3) is 11.8 Å². The molecule has 0 saturated carbocycles. The molecule has 0 aliphatic carbocycles. The predicted molar refractivity (Wildman–Crippen MR) is 91.1 cm³/mol. The van der Waals surface area contributed by atoms with Gasteiger partial charge < -0.3 is 10.0 Å². The van der Waals surface area contributed by atoms with E-state index in [0.717, 1.165) is 5.56 Å². The average molecular weight is 324 g/mol. The van der Waals surface area contributed by atoms with E-state index in [1.54, 1.807) is 36.4 Å². The number of hydrogen-bond acceptors (Lipinski definition) is 4. The molecule has 2 amide bonds. The molecule has 5 heteroatoms. The maximum absolute atomic E-state index is 12.5. The van der Waals surface area contributed by atoms with E-state index < -0.39 is 0 Å². The molecule has 3 rings (SSSR count). The summed E-state index contributed by atoms with van der Waals surface area (Å²) in [4.78, 5) is 28.4. The van der Waals surface area contributed by atoms with Crippen molar-refractivity contribution in [2.75, 3.05) is 20.6 Å². The lowest BCUT2D eigenvalue weighted by atomic mass is 10.0. The van der Waals surface area contributed by atoms with Crippen molar-refractivity contribution in [1.82, 2.24) is 9.80 Å². The summed E-state index contributed by atoms with van der Waals surface area (Å²) in [6, 6.07) is 13.9. The molecule has 2 aromatic carbocycles. The highest BCUT2D eigenvalue weighted by molar-refractivity contribution is 6.21. The molecule has 0 saturated heterocycles. The van der Waals surface area contributed by atoms with E-state index in [1.165, 1.54) is 4.90 Å². The molecule has 1 aliphatic heterocycles. The fourth-order valence-corrected chi connectivity index (χ4v) is 2.93. The van der Waals surface area contributed by atoms with Gasteiger partial charge in [-0.15, -0.1) is 0 Å². The molecule has 124 valence electrons. The van der Waals surface area contributed by atoms with Gasteiger partial charge in [0.2, 0.25) is 0 Å². The predicted octanol–water partition coefficient (Wildman–Crippen LogP) is 2.16. The minimum Gasteiger partial charge on any atom is -0.508 e. The third-order valence-corrected chi connectivity index (χ3v) is 4.41. The average Bonchev–Trinajstić information content (AvgIpc) is 2.81. The van der Waals surface area contributed by atoms with Gasteiger partial charge >= 0.3 is 0 Å². The first kappa shape index (κ1) is 16.2. The first-order valence-corrected chi connectivity index (χ1v) is 7.87. The highest BCUT2D eigenvalue weighted by atomic mass is 16.3. The van der Waals surface area contributed by atoms with Gasteiger partial charge in [0, 0.05) is 12.6 Å². The quantitative estimate of drug-likeness (QED) is 0.856. The Morgan fingerprint density at radius 1 is 0.958 bits per heavy atom. The highest BCUT2D eigenvalue weighted by Gasteiger charge is 2.36. The zero-order valence-corrected chi connectivity index (χ0v) is 13.8. The van der Waals surface area contributed by atoms with Crippen molar-refractivity contribution in [2.45, 2.75) is 12.5 Å². The summed E-state index contributed by atoms with van der Waals surface area (Å²) in [5.41, 5.74) is 2.00. The summed E-state index contributed by atoms with van der Waals surface area (Å²) in [5, 5.41) is 9.39. The highest BCUT2D eigenvalue weighted by Crippen LogP contribution is 2.23. The summed E-state index contributed by atoms with van der Waals surface area (Å²) >= 11 is 0. The summed E-state index contributed by atoms with van der Waals surface area (Å²) < 4.78 is 0. The molecule has 0 bridgehead atoms. The maximum Gasteiger partial charge on any atom is 0.261 e.